The molecule has 1 amide bonds. The molecular formula is C29H27NO7S2. The molecule has 2 atom stereocenters. The third-order valence-corrected chi connectivity index (χ3v) is 8.74. The zero-order chi connectivity index (χ0) is 27.6. The van der Waals surface area contributed by atoms with Gasteiger partial charge in [0.05, 0.1) is 10.7 Å². The van der Waals surface area contributed by atoms with Crippen molar-refractivity contribution in [2.45, 2.75) is 31.8 Å². The first-order chi connectivity index (χ1) is 18.7. The highest BCUT2D eigenvalue weighted by Gasteiger charge is 2.27. The van der Waals surface area contributed by atoms with E-state index in [9.17, 15) is 22.2 Å². The van der Waals surface area contributed by atoms with Gasteiger partial charge in [-0.15, -0.1) is 0 Å². The van der Waals surface area contributed by atoms with Gasteiger partial charge in [0.25, 0.3) is 5.91 Å². The highest BCUT2D eigenvalue weighted by Crippen LogP contribution is 2.41. The molecule has 0 bridgehead atoms. The topological polar surface area (TPSA) is 116 Å². The van der Waals surface area contributed by atoms with Gasteiger partial charge in [-0.1, -0.05) is 24.3 Å². The van der Waals surface area contributed by atoms with Crippen LogP contribution < -0.4 is 14.2 Å². The van der Waals surface area contributed by atoms with Gasteiger partial charge in [-0.3, -0.25) is 14.3 Å². The molecule has 0 radical (unpaired) electrons. The number of amides is 1. The fourth-order valence-corrected chi connectivity index (χ4v) is 6.26. The lowest BCUT2D eigenvalue weighted by atomic mass is 10.1. The Bertz CT molecular complexity index is 1580. The van der Waals surface area contributed by atoms with E-state index in [2.05, 4.69) is 4.72 Å². The van der Waals surface area contributed by atoms with E-state index < -0.39 is 20.8 Å². The lowest BCUT2D eigenvalue weighted by Gasteiger charge is -2.16. The van der Waals surface area contributed by atoms with Gasteiger partial charge in [0.15, 0.2) is 16.8 Å². The number of hydrogen-bond acceptors (Lipinski definition) is 7. The molecule has 8 nitrogen and oxygen atoms in total. The Morgan fingerprint density at radius 3 is 2.41 bits per heavy atom. The minimum Gasteiger partial charge on any atom is -0.486 e. The minimum absolute atomic E-state index is 0.00461. The molecule has 1 unspecified atom stereocenters. The van der Waals surface area contributed by atoms with Gasteiger partial charge < -0.3 is 9.47 Å². The predicted molar refractivity (Wildman–Crippen MR) is 149 cm³/mol. The maximum Gasteiger partial charge on any atom is 0.257 e. The van der Waals surface area contributed by atoms with Crippen molar-refractivity contribution >= 4 is 37.4 Å². The van der Waals surface area contributed by atoms with Gasteiger partial charge in [-0.25, -0.2) is 12.6 Å². The third kappa shape index (κ3) is 6.46. The number of nitrogens with one attached hydrogen (secondary N) is 1. The van der Waals surface area contributed by atoms with Crippen LogP contribution in [0.25, 0.3) is 4.91 Å². The van der Waals surface area contributed by atoms with Crippen LogP contribution in [0.5, 0.6) is 17.2 Å². The Morgan fingerprint density at radius 1 is 1.03 bits per heavy atom. The first-order valence-corrected chi connectivity index (χ1v) is 15.7. The summed E-state index contributed by atoms with van der Waals surface area (Å²) in [7, 11) is -4.62. The molecular weight excluding hydrogens is 538 g/mol. The van der Waals surface area contributed by atoms with Crippen molar-refractivity contribution in [1.82, 2.24) is 4.72 Å². The summed E-state index contributed by atoms with van der Waals surface area (Å²) < 4.78 is 49.3. The Balaban J connectivity index is 1.23. The molecule has 1 aliphatic carbocycles. The average molecular weight is 566 g/mol. The van der Waals surface area contributed by atoms with E-state index in [1.807, 2.05) is 18.2 Å². The van der Waals surface area contributed by atoms with Crippen LogP contribution in [0.2, 0.25) is 0 Å². The Labute approximate surface area is 229 Å². The van der Waals surface area contributed by atoms with E-state index in [-0.39, 0.29) is 30.0 Å². The zero-order valence-corrected chi connectivity index (χ0v) is 22.8. The first-order valence-electron chi connectivity index (χ1n) is 12.5. The average Bonchev–Trinajstić information content (AvgIpc) is 3.46. The molecule has 1 N–H and O–H groups in total. The second-order valence-electron chi connectivity index (χ2n) is 9.52. The van der Waals surface area contributed by atoms with Crippen molar-refractivity contribution in [2.75, 3.05) is 12.0 Å². The monoisotopic (exact) mass is 565 g/mol. The summed E-state index contributed by atoms with van der Waals surface area (Å²) in [6.45, 7) is 0. The number of carbonyl (C=O) groups excluding carboxylic acids is 2. The molecule has 3 aromatic carbocycles. The van der Waals surface area contributed by atoms with Crippen molar-refractivity contribution in [3.63, 3.8) is 0 Å². The molecule has 2 aliphatic rings. The van der Waals surface area contributed by atoms with Crippen LogP contribution in [0.1, 0.15) is 52.4 Å². The second kappa shape index (κ2) is 11.2. The summed E-state index contributed by atoms with van der Waals surface area (Å²) in [5.74, 6) is 1.53. The number of carbonyl (C=O) groups is 2. The first kappa shape index (κ1) is 26.8. The number of benzene rings is 3. The summed E-state index contributed by atoms with van der Waals surface area (Å²) in [5, 5.41) is 0. The van der Waals surface area contributed by atoms with Crippen molar-refractivity contribution in [3.05, 3.63) is 95.1 Å². The minimum atomic E-state index is -3.08. The molecule has 1 aliphatic heterocycles. The van der Waals surface area contributed by atoms with Gasteiger partial charge >= 0.3 is 0 Å². The fraction of sp³-hybridized carbons (Fsp3) is 0.241. The molecule has 0 aromatic heterocycles. The molecule has 1 heterocycles. The predicted octanol–water partition coefficient (Wildman–Crippen LogP) is 4.69. The van der Waals surface area contributed by atoms with Crippen LogP contribution >= 0.6 is 0 Å². The maximum absolute atomic E-state index is 12.4. The van der Waals surface area contributed by atoms with Gasteiger partial charge in [-0.05, 0) is 72.9 Å². The zero-order valence-electron chi connectivity index (χ0n) is 21.2. The fourth-order valence-electron chi connectivity index (χ4n) is 4.68. The molecule has 3 aromatic rings. The van der Waals surface area contributed by atoms with Gasteiger partial charge in [-0.2, -0.15) is 0 Å². The van der Waals surface area contributed by atoms with E-state index in [4.69, 9.17) is 9.47 Å². The van der Waals surface area contributed by atoms with E-state index in [1.54, 1.807) is 48.5 Å². The number of Topliss-reactive ketones (excluding diaryl/α,β-unsaturated/α-hetero) is 1. The number of rotatable bonds is 10. The summed E-state index contributed by atoms with van der Waals surface area (Å²) in [5.41, 5.74) is 3.33. The summed E-state index contributed by atoms with van der Waals surface area (Å²) in [6, 6.07) is 19.9. The van der Waals surface area contributed by atoms with E-state index in [0.29, 0.717) is 34.0 Å². The highest BCUT2D eigenvalue weighted by molar-refractivity contribution is 7.94. The largest absolute Gasteiger partial charge is 0.486 e. The van der Waals surface area contributed by atoms with Crippen LogP contribution in [-0.4, -0.2) is 36.3 Å². The van der Waals surface area contributed by atoms with Crippen LogP contribution in [0.4, 0.5) is 0 Å². The molecule has 0 saturated heterocycles. The number of ether oxygens (including phenoxy) is 2. The van der Waals surface area contributed by atoms with Crippen LogP contribution in [0, 0.1) is 0 Å². The standard InChI is InChI=1S/C29H27NO7S2/c1-39(34,35)17-3-5-25(31)19-7-11-21(12-8-19)36-26-6-2-4-23-24(26)15-16-27(23)37-22-13-9-20(10-14-22)28-18-29(32)30-38(28)33/h2,4,6-14,18,27H,3,5,15-17H2,1H3,(H,30,32)/t27-,38?/m1/s1. The summed E-state index contributed by atoms with van der Waals surface area (Å²) >= 11 is 0. The van der Waals surface area contributed by atoms with Gasteiger partial charge in [0, 0.05) is 29.9 Å². The van der Waals surface area contributed by atoms with Crippen LogP contribution in [-0.2, 0) is 32.0 Å². The number of ketones is 1. The molecule has 0 spiro atoms. The molecule has 10 heteroatoms. The Kier molecular flexibility index (Phi) is 7.67. The quantitative estimate of drug-likeness (QED) is 0.355. The number of hydrogen-bond donors (Lipinski definition) is 1. The normalized spacial score (nSPS) is 18.3. The van der Waals surface area contributed by atoms with Gasteiger partial charge in [0.1, 0.15) is 33.2 Å². The van der Waals surface area contributed by atoms with Crippen LogP contribution in [0.3, 0.4) is 0 Å². The van der Waals surface area contributed by atoms with Crippen molar-refractivity contribution in [2.24, 2.45) is 0 Å². The van der Waals surface area contributed by atoms with E-state index in [1.165, 1.54) is 12.3 Å². The molecule has 202 valence electrons. The van der Waals surface area contributed by atoms with Crippen LogP contribution in [0.15, 0.2) is 72.8 Å². The van der Waals surface area contributed by atoms with Crippen molar-refractivity contribution < 1.29 is 31.7 Å². The molecule has 5 rings (SSSR count). The molecule has 0 saturated carbocycles. The second-order valence-corrected chi connectivity index (χ2v) is 13.0. The van der Waals surface area contributed by atoms with Crippen molar-refractivity contribution in [1.29, 1.82) is 0 Å². The van der Waals surface area contributed by atoms with E-state index in [0.717, 1.165) is 29.7 Å². The van der Waals surface area contributed by atoms with Gasteiger partial charge in [0.2, 0.25) is 0 Å². The smallest absolute Gasteiger partial charge is 0.257 e. The lowest BCUT2D eigenvalue weighted by Crippen LogP contribution is -2.16. The maximum atomic E-state index is 12.4. The molecule has 39 heavy (non-hydrogen) atoms. The highest BCUT2D eigenvalue weighted by atomic mass is 32.2. The number of fused-ring (bicyclic) bond motifs is 1. The van der Waals surface area contributed by atoms with E-state index >= 15 is 0 Å². The van der Waals surface area contributed by atoms with Crippen molar-refractivity contribution in [3.8, 4) is 17.2 Å². The Hall–Kier alpha value is -3.76. The SMILES string of the molecule is CS(=O)(=O)CCCC(=O)c1ccc(Oc2cccc3c2CC[C@H]3Oc2ccc(C3=CC(=O)NS3=O)cc2)cc1. The Morgan fingerprint density at radius 2 is 1.74 bits per heavy atom. The molecule has 0 fully saturated rings. The third-order valence-electron chi connectivity index (χ3n) is 6.57. The number of sulfone groups is 1. The lowest BCUT2D eigenvalue weighted by molar-refractivity contribution is -0.114. The summed E-state index contributed by atoms with van der Waals surface area (Å²) in [6.07, 6.45) is 4.41. The summed E-state index contributed by atoms with van der Waals surface area (Å²) in [4.78, 5) is 24.3.